The van der Waals surface area contributed by atoms with E-state index >= 15 is 0 Å². The first kappa shape index (κ1) is 13.8. The number of nitrogens with zero attached hydrogens (tertiary/aromatic N) is 2. The molecule has 0 atom stereocenters. The summed E-state index contributed by atoms with van der Waals surface area (Å²) in [6.45, 7) is 2.04. The van der Waals surface area contributed by atoms with Gasteiger partial charge >= 0.3 is 5.97 Å². The summed E-state index contributed by atoms with van der Waals surface area (Å²) in [7, 11) is 1.26. The fourth-order valence-electron chi connectivity index (χ4n) is 1.61. The van der Waals surface area contributed by atoms with Gasteiger partial charge in [-0.05, 0) is 24.1 Å². The van der Waals surface area contributed by atoms with Gasteiger partial charge in [-0.1, -0.05) is 13.0 Å². The van der Waals surface area contributed by atoms with Gasteiger partial charge in [0.05, 0.1) is 12.8 Å². The molecule has 0 amide bonds. The quantitative estimate of drug-likeness (QED) is 0.678. The van der Waals surface area contributed by atoms with Gasteiger partial charge in [-0.15, -0.1) is 0 Å². The predicted molar refractivity (Wildman–Crippen MR) is 73.7 cm³/mol. The van der Waals surface area contributed by atoms with Gasteiger partial charge < -0.3 is 15.2 Å². The normalized spacial score (nSPS) is 10.1. The first-order chi connectivity index (χ1) is 9.63. The fourth-order valence-corrected chi connectivity index (χ4v) is 1.61. The Labute approximate surface area is 116 Å². The van der Waals surface area contributed by atoms with Gasteiger partial charge in [0.15, 0.2) is 5.75 Å². The van der Waals surface area contributed by atoms with E-state index in [0.717, 1.165) is 12.0 Å². The van der Waals surface area contributed by atoms with Crippen molar-refractivity contribution < 1.29 is 14.3 Å². The Bertz CT molecular complexity index is 629. The summed E-state index contributed by atoms with van der Waals surface area (Å²) in [5.41, 5.74) is 7.54. The zero-order valence-electron chi connectivity index (χ0n) is 11.3. The van der Waals surface area contributed by atoms with Crippen LogP contribution in [0, 0.1) is 0 Å². The average molecular weight is 273 g/mol. The van der Waals surface area contributed by atoms with Crippen LogP contribution in [0.5, 0.6) is 11.6 Å². The van der Waals surface area contributed by atoms with Crippen LogP contribution < -0.4 is 10.5 Å². The van der Waals surface area contributed by atoms with Crippen molar-refractivity contribution in [2.24, 2.45) is 0 Å². The minimum Gasteiger partial charge on any atom is -0.463 e. The number of aryl methyl sites for hydroxylation is 1. The maximum Gasteiger partial charge on any atom is 0.376 e. The molecule has 1 aromatic heterocycles. The summed E-state index contributed by atoms with van der Waals surface area (Å²) in [5.74, 6) is 0.0339. The molecule has 20 heavy (non-hydrogen) atoms. The second-order valence-electron chi connectivity index (χ2n) is 4.04. The molecule has 0 fully saturated rings. The largest absolute Gasteiger partial charge is 0.463 e. The zero-order valence-corrected chi connectivity index (χ0v) is 11.3. The predicted octanol–water partition coefficient (Wildman–Crippen LogP) is 2.20. The molecule has 0 aliphatic heterocycles. The van der Waals surface area contributed by atoms with Crippen molar-refractivity contribution in [3.63, 3.8) is 0 Å². The van der Waals surface area contributed by atoms with Crippen molar-refractivity contribution in [3.8, 4) is 11.6 Å². The maximum absolute atomic E-state index is 11.3. The van der Waals surface area contributed by atoms with Crippen molar-refractivity contribution in [1.29, 1.82) is 0 Å². The number of hydrogen-bond acceptors (Lipinski definition) is 6. The molecule has 0 unspecified atom stereocenters. The summed E-state index contributed by atoms with van der Waals surface area (Å²) in [6.07, 6.45) is 2.32. The molecule has 2 N–H and O–H groups in total. The van der Waals surface area contributed by atoms with Crippen molar-refractivity contribution in [2.45, 2.75) is 13.3 Å². The van der Waals surface area contributed by atoms with E-state index in [4.69, 9.17) is 10.5 Å². The van der Waals surface area contributed by atoms with E-state index in [0.29, 0.717) is 11.4 Å². The van der Waals surface area contributed by atoms with Crippen LogP contribution in [0.15, 0.2) is 30.5 Å². The number of hydrogen-bond donors (Lipinski definition) is 1. The first-order valence-electron chi connectivity index (χ1n) is 6.11. The average Bonchev–Trinajstić information content (AvgIpc) is 2.48. The number of carbonyl (C=O) groups excluding carboxylic acids is 1. The van der Waals surface area contributed by atoms with Crippen molar-refractivity contribution in [3.05, 3.63) is 41.9 Å². The van der Waals surface area contributed by atoms with Crippen LogP contribution >= 0.6 is 0 Å². The van der Waals surface area contributed by atoms with Crippen LogP contribution in [0.2, 0.25) is 0 Å². The molecule has 0 aliphatic rings. The highest BCUT2D eigenvalue weighted by Crippen LogP contribution is 2.27. The number of rotatable bonds is 4. The Hall–Kier alpha value is -2.63. The van der Waals surface area contributed by atoms with E-state index in [1.807, 2.05) is 19.1 Å². The lowest BCUT2D eigenvalue weighted by molar-refractivity contribution is 0.0585. The van der Waals surface area contributed by atoms with Crippen LogP contribution in [0.1, 0.15) is 23.1 Å². The SMILES string of the molecule is CCc1ccc(Oc2ccnc(C(=O)OC)n2)c(N)c1. The second-order valence-corrected chi connectivity index (χ2v) is 4.04. The number of anilines is 1. The van der Waals surface area contributed by atoms with Gasteiger partial charge in [-0.3, -0.25) is 0 Å². The molecule has 2 rings (SSSR count). The Morgan fingerprint density at radius 3 is 2.80 bits per heavy atom. The van der Waals surface area contributed by atoms with Gasteiger partial charge in [-0.2, -0.15) is 4.98 Å². The lowest BCUT2D eigenvalue weighted by Crippen LogP contribution is -2.07. The number of benzene rings is 1. The Morgan fingerprint density at radius 1 is 1.35 bits per heavy atom. The van der Waals surface area contributed by atoms with Crippen LogP contribution in [0.4, 0.5) is 5.69 Å². The topological polar surface area (TPSA) is 87.3 Å². The minimum atomic E-state index is -0.621. The molecule has 0 saturated carbocycles. The molecule has 1 aromatic carbocycles. The highest BCUT2D eigenvalue weighted by molar-refractivity contribution is 5.85. The molecular weight excluding hydrogens is 258 g/mol. The van der Waals surface area contributed by atoms with Crippen LogP contribution in [-0.4, -0.2) is 23.0 Å². The first-order valence-corrected chi connectivity index (χ1v) is 6.11. The van der Waals surface area contributed by atoms with Gasteiger partial charge in [0, 0.05) is 12.3 Å². The summed E-state index contributed by atoms with van der Waals surface area (Å²) in [6, 6.07) is 7.08. The third kappa shape index (κ3) is 3.03. The molecule has 0 saturated heterocycles. The van der Waals surface area contributed by atoms with Crippen LogP contribution in [0.25, 0.3) is 0 Å². The molecule has 0 bridgehead atoms. The standard InChI is InChI=1S/C14H15N3O3/c1-3-9-4-5-11(10(15)8-9)20-12-6-7-16-13(17-12)14(18)19-2/h4-8H,3,15H2,1-2H3. The molecule has 2 aromatic rings. The molecule has 104 valence electrons. The Morgan fingerprint density at radius 2 is 2.15 bits per heavy atom. The number of nitrogens with two attached hydrogens (primary N) is 1. The van der Waals surface area contributed by atoms with Crippen LogP contribution in [0.3, 0.4) is 0 Å². The molecule has 1 heterocycles. The minimum absolute atomic E-state index is 0.0613. The molecule has 6 heteroatoms. The number of esters is 1. The van der Waals surface area contributed by atoms with E-state index in [-0.39, 0.29) is 11.7 Å². The van der Waals surface area contributed by atoms with Crippen molar-refractivity contribution in [1.82, 2.24) is 9.97 Å². The Kier molecular flexibility index (Phi) is 4.14. The smallest absolute Gasteiger partial charge is 0.376 e. The summed E-state index contributed by atoms with van der Waals surface area (Å²) >= 11 is 0. The number of methoxy groups -OCH3 is 1. The highest BCUT2D eigenvalue weighted by Gasteiger charge is 2.11. The fraction of sp³-hybridized carbons (Fsp3) is 0.214. The number of aromatic nitrogens is 2. The van der Waals surface area contributed by atoms with E-state index in [9.17, 15) is 4.79 Å². The van der Waals surface area contributed by atoms with Gasteiger partial charge in [0.2, 0.25) is 11.7 Å². The van der Waals surface area contributed by atoms with Gasteiger partial charge in [0.1, 0.15) is 0 Å². The number of carbonyl (C=O) groups is 1. The third-order valence-corrected chi connectivity index (χ3v) is 2.69. The van der Waals surface area contributed by atoms with Gasteiger partial charge in [0.25, 0.3) is 0 Å². The highest BCUT2D eigenvalue weighted by atomic mass is 16.5. The summed E-state index contributed by atoms with van der Waals surface area (Å²) in [5, 5.41) is 0. The summed E-state index contributed by atoms with van der Waals surface area (Å²) in [4.78, 5) is 19.1. The second kappa shape index (κ2) is 6.01. The van der Waals surface area contributed by atoms with Crippen molar-refractivity contribution >= 4 is 11.7 Å². The van der Waals surface area contributed by atoms with E-state index in [2.05, 4.69) is 14.7 Å². The van der Waals surface area contributed by atoms with Crippen LogP contribution in [-0.2, 0) is 11.2 Å². The van der Waals surface area contributed by atoms with E-state index < -0.39 is 5.97 Å². The molecule has 6 nitrogen and oxygen atoms in total. The lowest BCUT2D eigenvalue weighted by atomic mass is 10.1. The molecule has 0 spiro atoms. The van der Waals surface area contributed by atoms with Crippen molar-refractivity contribution in [2.75, 3.05) is 12.8 Å². The molecule has 0 radical (unpaired) electrons. The lowest BCUT2D eigenvalue weighted by Gasteiger charge is -2.09. The molecular formula is C14H15N3O3. The number of nitrogen functional groups attached to an aromatic ring is 1. The van der Waals surface area contributed by atoms with E-state index in [1.54, 1.807) is 12.1 Å². The zero-order chi connectivity index (χ0) is 14.5. The van der Waals surface area contributed by atoms with Gasteiger partial charge in [-0.25, -0.2) is 9.78 Å². The third-order valence-electron chi connectivity index (χ3n) is 2.69. The van der Waals surface area contributed by atoms with E-state index in [1.165, 1.54) is 13.3 Å². The number of ether oxygens (including phenoxy) is 2. The monoisotopic (exact) mass is 273 g/mol. The molecule has 0 aliphatic carbocycles. The summed E-state index contributed by atoms with van der Waals surface area (Å²) < 4.78 is 10.1. The maximum atomic E-state index is 11.3. The Balaban J connectivity index is 2.24.